The maximum atomic E-state index is 12.3. The maximum absolute atomic E-state index is 12.3. The van der Waals surface area contributed by atoms with Crippen LogP contribution in [0.2, 0.25) is 5.15 Å². The number of aromatic amines is 1. The van der Waals surface area contributed by atoms with E-state index in [-0.39, 0.29) is 21.8 Å². The van der Waals surface area contributed by atoms with E-state index >= 15 is 0 Å². The number of aromatic carboxylic acids is 1. The fourth-order valence-corrected chi connectivity index (χ4v) is 1.86. The number of nitrogens with zero attached hydrogens (tertiary/aromatic N) is 1. The van der Waals surface area contributed by atoms with Crippen molar-refractivity contribution < 1.29 is 27.8 Å². The van der Waals surface area contributed by atoms with E-state index in [0.29, 0.717) is 0 Å². The molecule has 20 heavy (non-hydrogen) atoms. The molecule has 0 fully saturated rings. The number of hydrogen-bond donors (Lipinski definition) is 2. The summed E-state index contributed by atoms with van der Waals surface area (Å²) in [6.07, 6.45) is -2.79. The lowest BCUT2D eigenvalue weighted by atomic mass is 10.1. The number of nitrogens with one attached hydrogen (secondary N) is 1. The number of ether oxygens (including phenoxy) is 1. The second kappa shape index (κ2) is 5.04. The molecule has 2 aromatic rings. The molecule has 0 amide bonds. The van der Waals surface area contributed by atoms with Crippen molar-refractivity contribution in [3.05, 3.63) is 35.2 Å². The van der Waals surface area contributed by atoms with Crippen molar-refractivity contribution in [2.75, 3.05) is 0 Å². The van der Waals surface area contributed by atoms with Crippen LogP contribution in [0.1, 0.15) is 10.4 Å². The smallest absolute Gasteiger partial charge is 0.478 e. The van der Waals surface area contributed by atoms with Crippen LogP contribution in [0.4, 0.5) is 13.2 Å². The molecule has 106 valence electrons. The van der Waals surface area contributed by atoms with Crippen LogP contribution in [0.3, 0.4) is 0 Å². The molecule has 0 aliphatic heterocycles. The first kappa shape index (κ1) is 14.2. The third kappa shape index (κ3) is 2.85. The molecule has 2 heterocycles. The zero-order valence-electron chi connectivity index (χ0n) is 9.53. The highest BCUT2D eigenvalue weighted by molar-refractivity contribution is 6.33. The van der Waals surface area contributed by atoms with Gasteiger partial charge in [-0.15, -0.1) is 13.2 Å². The van der Waals surface area contributed by atoms with Crippen molar-refractivity contribution in [2.45, 2.75) is 6.36 Å². The normalized spacial score (nSPS) is 11.4. The number of rotatable bonds is 3. The van der Waals surface area contributed by atoms with E-state index in [1.807, 2.05) is 0 Å². The Balaban J connectivity index is 2.59. The van der Waals surface area contributed by atoms with E-state index in [1.165, 1.54) is 12.1 Å². The number of carboxylic acids is 1. The Bertz CT molecular complexity index is 655. The van der Waals surface area contributed by atoms with Crippen LogP contribution >= 0.6 is 11.6 Å². The lowest BCUT2D eigenvalue weighted by Gasteiger charge is -2.12. The van der Waals surface area contributed by atoms with Gasteiger partial charge in [-0.2, -0.15) is 0 Å². The van der Waals surface area contributed by atoms with Gasteiger partial charge in [-0.3, -0.25) is 0 Å². The zero-order chi connectivity index (χ0) is 14.9. The van der Waals surface area contributed by atoms with E-state index < -0.39 is 18.2 Å². The summed E-state index contributed by atoms with van der Waals surface area (Å²) >= 11 is 5.78. The quantitative estimate of drug-likeness (QED) is 0.912. The minimum absolute atomic E-state index is 0.119. The van der Waals surface area contributed by atoms with Crippen LogP contribution in [-0.2, 0) is 0 Å². The Kier molecular flexibility index (Phi) is 3.58. The molecular formula is C11H6ClF3N2O3. The predicted octanol–water partition coefficient (Wildman–Crippen LogP) is 3.33. The molecule has 0 aliphatic carbocycles. The fourth-order valence-electron chi connectivity index (χ4n) is 1.60. The third-order valence-electron chi connectivity index (χ3n) is 2.32. The van der Waals surface area contributed by atoms with Crippen molar-refractivity contribution in [3.8, 4) is 17.0 Å². The predicted molar refractivity (Wildman–Crippen MR) is 62.7 cm³/mol. The Morgan fingerprint density at radius 1 is 1.45 bits per heavy atom. The molecule has 0 bridgehead atoms. The van der Waals surface area contributed by atoms with Crippen molar-refractivity contribution >= 4 is 17.6 Å². The lowest BCUT2D eigenvalue weighted by molar-refractivity contribution is -0.275. The molecule has 0 aliphatic rings. The van der Waals surface area contributed by atoms with Crippen LogP contribution in [0.5, 0.6) is 5.88 Å². The standard InChI is InChI=1S/C11H6ClF3N2O3/c12-8-7(6(4-17-8)10(18)19)5-2-1-3-16-9(5)20-11(13,14)15/h1-4,17H,(H,18,19). The molecular weight excluding hydrogens is 301 g/mol. The Morgan fingerprint density at radius 2 is 2.15 bits per heavy atom. The van der Waals surface area contributed by atoms with Gasteiger partial charge in [0.05, 0.1) is 5.56 Å². The van der Waals surface area contributed by atoms with E-state index in [2.05, 4.69) is 14.7 Å². The van der Waals surface area contributed by atoms with E-state index in [0.717, 1.165) is 12.4 Å². The Hall–Kier alpha value is -2.22. The minimum Gasteiger partial charge on any atom is -0.478 e. The van der Waals surface area contributed by atoms with Gasteiger partial charge < -0.3 is 14.8 Å². The first-order valence-electron chi connectivity index (χ1n) is 5.11. The molecule has 2 aromatic heterocycles. The van der Waals surface area contributed by atoms with Crippen LogP contribution < -0.4 is 4.74 Å². The molecule has 5 nitrogen and oxygen atoms in total. The molecule has 0 saturated heterocycles. The summed E-state index contributed by atoms with van der Waals surface area (Å²) in [6, 6.07) is 2.57. The number of hydrogen-bond acceptors (Lipinski definition) is 3. The molecule has 0 unspecified atom stereocenters. The van der Waals surface area contributed by atoms with Gasteiger partial charge >= 0.3 is 12.3 Å². The van der Waals surface area contributed by atoms with Gasteiger partial charge in [-0.1, -0.05) is 11.6 Å². The Labute approximate surface area is 115 Å². The summed E-state index contributed by atoms with van der Waals surface area (Å²) in [7, 11) is 0. The van der Waals surface area contributed by atoms with Gasteiger partial charge in [-0.25, -0.2) is 9.78 Å². The average molecular weight is 307 g/mol. The molecule has 0 atom stereocenters. The second-order valence-corrected chi connectivity index (χ2v) is 3.98. The van der Waals surface area contributed by atoms with Crippen LogP contribution in [0.15, 0.2) is 24.5 Å². The number of aromatic nitrogens is 2. The second-order valence-electron chi connectivity index (χ2n) is 3.60. The number of carboxylic acid groups (broad SMARTS) is 1. The molecule has 0 radical (unpaired) electrons. The zero-order valence-corrected chi connectivity index (χ0v) is 10.3. The van der Waals surface area contributed by atoms with Crippen molar-refractivity contribution in [2.24, 2.45) is 0 Å². The van der Waals surface area contributed by atoms with Gasteiger partial charge in [0.25, 0.3) is 0 Å². The highest BCUT2D eigenvalue weighted by Crippen LogP contribution is 2.37. The number of halogens is 4. The lowest BCUT2D eigenvalue weighted by Crippen LogP contribution is -2.18. The van der Waals surface area contributed by atoms with Gasteiger partial charge in [0.1, 0.15) is 5.15 Å². The van der Waals surface area contributed by atoms with Crippen LogP contribution in [0, 0.1) is 0 Å². The van der Waals surface area contributed by atoms with E-state index in [1.54, 1.807) is 0 Å². The average Bonchev–Trinajstić information content (AvgIpc) is 2.70. The van der Waals surface area contributed by atoms with Crippen molar-refractivity contribution in [3.63, 3.8) is 0 Å². The molecule has 9 heteroatoms. The summed E-state index contributed by atoms with van der Waals surface area (Å²) in [6.45, 7) is 0. The number of carbonyl (C=O) groups is 1. The van der Waals surface area contributed by atoms with Crippen molar-refractivity contribution in [1.29, 1.82) is 0 Å². The highest BCUT2D eigenvalue weighted by Gasteiger charge is 2.34. The SMILES string of the molecule is O=C(O)c1c[nH]c(Cl)c1-c1cccnc1OC(F)(F)F. The van der Waals surface area contributed by atoms with Gasteiger partial charge in [0.2, 0.25) is 5.88 Å². The van der Waals surface area contributed by atoms with Crippen LogP contribution in [0.25, 0.3) is 11.1 Å². The molecule has 0 spiro atoms. The molecule has 0 saturated carbocycles. The summed E-state index contributed by atoms with van der Waals surface area (Å²) in [5.41, 5.74) is -0.574. The number of H-pyrrole nitrogens is 1. The number of alkyl halides is 3. The Morgan fingerprint density at radius 3 is 2.75 bits per heavy atom. The first-order valence-corrected chi connectivity index (χ1v) is 5.48. The van der Waals surface area contributed by atoms with E-state index in [4.69, 9.17) is 16.7 Å². The molecule has 2 rings (SSSR count). The monoisotopic (exact) mass is 306 g/mol. The summed E-state index contributed by atoms with van der Waals surface area (Å²) < 4.78 is 40.7. The summed E-state index contributed by atoms with van der Waals surface area (Å²) in [5, 5.41) is 8.88. The van der Waals surface area contributed by atoms with Gasteiger partial charge in [-0.05, 0) is 12.1 Å². The van der Waals surface area contributed by atoms with Gasteiger partial charge in [0.15, 0.2) is 0 Å². The molecule has 0 aromatic carbocycles. The number of pyridine rings is 1. The molecule has 2 N–H and O–H groups in total. The summed E-state index contributed by atoms with van der Waals surface area (Å²) in [5.74, 6) is -2.12. The van der Waals surface area contributed by atoms with Gasteiger partial charge in [0, 0.05) is 23.5 Å². The first-order chi connectivity index (χ1) is 9.29. The third-order valence-corrected chi connectivity index (χ3v) is 2.61. The van der Waals surface area contributed by atoms with E-state index in [9.17, 15) is 18.0 Å². The maximum Gasteiger partial charge on any atom is 0.574 e. The fraction of sp³-hybridized carbons (Fsp3) is 0.0909. The van der Waals surface area contributed by atoms with Crippen molar-refractivity contribution in [1.82, 2.24) is 9.97 Å². The highest BCUT2D eigenvalue weighted by atomic mass is 35.5. The largest absolute Gasteiger partial charge is 0.574 e. The van der Waals surface area contributed by atoms with Crippen LogP contribution in [-0.4, -0.2) is 27.4 Å². The summed E-state index contributed by atoms with van der Waals surface area (Å²) in [4.78, 5) is 16.9. The topological polar surface area (TPSA) is 75.2 Å². The minimum atomic E-state index is -4.95.